The molecule has 0 saturated carbocycles. The Morgan fingerprint density at radius 3 is 2.84 bits per heavy atom. The Balaban J connectivity index is 1.49. The molecule has 1 aliphatic heterocycles. The van der Waals surface area contributed by atoms with E-state index in [1.54, 1.807) is 6.20 Å². The molecule has 0 spiro atoms. The maximum absolute atomic E-state index is 12.4. The molecule has 0 aliphatic carbocycles. The van der Waals surface area contributed by atoms with Crippen LogP contribution in [0.1, 0.15) is 23.3 Å². The number of nitrogens with one attached hydrogen (secondary N) is 3. The number of rotatable bonds is 4. The van der Waals surface area contributed by atoms with Crippen LogP contribution < -0.4 is 10.6 Å². The van der Waals surface area contributed by atoms with Crippen molar-refractivity contribution in [1.82, 2.24) is 20.6 Å². The number of aromatic amines is 1. The van der Waals surface area contributed by atoms with Gasteiger partial charge in [-0.05, 0) is 55.6 Å². The van der Waals surface area contributed by atoms with E-state index in [1.807, 2.05) is 30.5 Å². The van der Waals surface area contributed by atoms with E-state index in [0.29, 0.717) is 11.6 Å². The summed E-state index contributed by atoms with van der Waals surface area (Å²) < 4.78 is 0. The minimum absolute atomic E-state index is 0.0299. The van der Waals surface area contributed by atoms with Crippen LogP contribution >= 0.6 is 0 Å². The minimum Gasteiger partial charge on any atom is -0.351 e. The maximum atomic E-state index is 12.4. The zero-order valence-corrected chi connectivity index (χ0v) is 14.1. The first kappa shape index (κ1) is 15.8. The van der Waals surface area contributed by atoms with Crippen molar-refractivity contribution in [3.8, 4) is 11.1 Å². The molecule has 5 nitrogen and oxygen atoms in total. The zero-order valence-electron chi connectivity index (χ0n) is 14.1. The highest BCUT2D eigenvalue weighted by atomic mass is 16.1. The van der Waals surface area contributed by atoms with Crippen LogP contribution in [0.2, 0.25) is 0 Å². The summed E-state index contributed by atoms with van der Waals surface area (Å²) in [6.07, 6.45) is 5.86. The summed E-state index contributed by atoms with van der Waals surface area (Å²) in [6.45, 7) is 2.84. The number of carbonyl (C=O) groups excluding carboxylic acids is 1. The Bertz CT molecular complexity index is 866. The molecule has 1 fully saturated rings. The van der Waals surface area contributed by atoms with Crippen LogP contribution in [-0.4, -0.2) is 35.5 Å². The lowest BCUT2D eigenvalue weighted by molar-refractivity contribution is 0.0940. The van der Waals surface area contributed by atoms with Gasteiger partial charge in [-0.25, -0.2) is 0 Å². The Kier molecular flexibility index (Phi) is 4.48. The van der Waals surface area contributed by atoms with Gasteiger partial charge in [0, 0.05) is 35.4 Å². The molecule has 1 amide bonds. The molecule has 1 saturated heterocycles. The van der Waals surface area contributed by atoms with Gasteiger partial charge in [-0.3, -0.25) is 9.78 Å². The van der Waals surface area contributed by atoms with E-state index < -0.39 is 0 Å². The second-order valence-corrected chi connectivity index (χ2v) is 6.63. The van der Waals surface area contributed by atoms with Crippen LogP contribution in [0, 0.1) is 5.92 Å². The van der Waals surface area contributed by atoms with Crippen LogP contribution in [0.5, 0.6) is 0 Å². The summed E-state index contributed by atoms with van der Waals surface area (Å²) in [6, 6.07) is 12.0. The van der Waals surface area contributed by atoms with Gasteiger partial charge >= 0.3 is 0 Å². The second kappa shape index (κ2) is 7.07. The molecule has 1 aliphatic rings. The number of carbonyl (C=O) groups is 1. The highest BCUT2D eigenvalue weighted by Crippen LogP contribution is 2.24. The van der Waals surface area contributed by atoms with Gasteiger partial charge < -0.3 is 15.6 Å². The molecule has 0 radical (unpaired) electrons. The summed E-state index contributed by atoms with van der Waals surface area (Å²) in [5.74, 6) is 0.546. The molecule has 0 unspecified atom stereocenters. The summed E-state index contributed by atoms with van der Waals surface area (Å²) in [5.41, 5.74) is 3.74. The summed E-state index contributed by atoms with van der Waals surface area (Å²) in [7, 11) is 0. The molecule has 3 N–H and O–H groups in total. The predicted octanol–water partition coefficient (Wildman–Crippen LogP) is 2.96. The number of aromatic nitrogens is 2. The van der Waals surface area contributed by atoms with E-state index >= 15 is 0 Å². The number of fused-ring (bicyclic) bond motifs is 1. The van der Waals surface area contributed by atoms with Gasteiger partial charge in [0.05, 0.1) is 0 Å². The number of pyridine rings is 1. The fourth-order valence-corrected chi connectivity index (χ4v) is 3.38. The Morgan fingerprint density at radius 2 is 2.04 bits per heavy atom. The largest absolute Gasteiger partial charge is 0.351 e. The third-order valence-electron chi connectivity index (χ3n) is 4.87. The van der Waals surface area contributed by atoms with Crippen LogP contribution in [0.15, 0.2) is 48.8 Å². The van der Waals surface area contributed by atoms with Crippen molar-refractivity contribution in [2.24, 2.45) is 5.92 Å². The quantitative estimate of drug-likeness (QED) is 0.687. The Morgan fingerprint density at radius 1 is 1.16 bits per heavy atom. The summed E-state index contributed by atoms with van der Waals surface area (Å²) >= 11 is 0. The standard InChI is InChI=1S/C20H22N4O/c25-20(23-12-14-5-8-21-9-6-14)19-11-16-4-3-15(10-18(16)24-19)17-2-1-7-22-13-17/h1-4,7,10-11,13-14,21,24H,5-6,8-9,12H2,(H,23,25). The number of hydrogen-bond acceptors (Lipinski definition) is 3. The number of hydrogen-bond donors (Lipinski definition) is 3. The first-order valence-electron chi connectivity index (χ1n) is 8.82. The first-order valence-corrected chi connectivity index (χ1v) is 8.82. The van der Waals surface area contributed by atoms with Gasteiger partial charge in [-0.1, -0.05) is 18.2 Å². The van der Waals surface area contributed by atoms with Gasteiger partial charge in [0.1, 0.15) is 5.69 Å². The lowest BCUT2D eigenvalue weighted by Crippen LogP contribution is -2.36. The molecule has 3 heterocycles. The van der Waals surface area contributed by atoms with E-state index in [0.717, 1.165) is 54.5 Å². The van der Waals surface area contributed by atoms with Gasteiger partial charge in [-0.15, -0.1) is 0 Å². The van der Waals surface area contributed by atoms with E-state index in [4.69, 9.17) is 0 Å². The fraction of sp³-hybridized carbons (Fsp3) is 0.300. The molecule has 4 rings (SSSR count). The van der Waals surface area contributed by atoms with E-state index in [9.17, 15) is 4.79 Å². The highest BCUT2D eigenvalue weighted by molar-refractivity contribution is 5.98. The van der Waals surface area contributed by atoms with Crippen molar-refractivity contribution in [3.63, 3.8) is 0 Å². The molecule has 5 heteroatoms. The first-order chi connectivity index (χ1) is 12.3. The SMILES string of the molecule is O=C(NCC1CCNCC1)c1cc2ccc(-c3cccnc3)cc2[nH]1. The topological polar surface area (TPSA) is 69.8 Å². The third-order valence-corrected chi connectivity index (χ3v) is 4.87. The fourth-order valence-electron chi connectivity index (χ4n) is 3.38. The Hall–Kier alpha value is -2.66. The number of piperidine rings is 1. The van der Waals surface area contributed by atoms with Crippen LogP contribution in [-0.2, 0) is 0 Å². The molecule has 128 valence electrons. The molecule has 1 aromatic carbocycles. The van der Waals surface area contributed by atoms with Crippen molar-refractivity contribution in [2.45, 2.75) is 12.8 Å². The number of H-pyrrole nitrogens is 1. The average Bonchev–Trinajstić information content (AvgIpc) is 3.11. The van der Waals surface area contributed by atoms with Crippen molar-refractivity contribution in [1.29, 1.82) is 0 Å². The molecule has 0 atom stereocenters. The van der Waals surface area contributed by atoms with E-state index in [2.05, 4.69) is 32.7 Å². The van der Waals surface area contributed by atoms with Crippen molar-refractivity contribution in [3.05, 3.63) is 54.5 Å². The summed E-state index contributed by atoms with van der Waals surface area (Å²) in [4.78, 5) is 19.9. The smallest absolute Gasteiger partial charge is 0.267 e. The van der Waals surface area contributed by atoms with E-state index in [1.165, 1.54) is 0 Å². The number of nitrogens with zero attached hydrogens (tertiary/aromatic N) is 1. The van der Waals surface area contributed by atoms with Crippen LogP contribution in [0.4, 0.5) is 0 Å². The molecule has 3 aromatic rings. The lowest BCUT2D eigenvalue weighted by Gasteiger charge is -2.22. The van der Waals surface area contributed by atoms with Gasteiger partial charge in [0.25, 0.3) is 5.91 Å². The van der Waals surface area contributed by atoms with Crippen molar-refractivity contribution >= 4 is 16.8 Å². The van der Waals surface area contributed by atoms with Crippen LogP contribution in [0.3, 0.4) is 0 Å². The monoisotopic (exact) mass is 334 g/mol. The molecule has 0 bridgehead atoms. The normalized spacial score (nSPS) is 15.4. The molecular formula is C20H22N4O. The molecule has 2 aromatic heterocycles. The maximum Gasteiger partial charge on any atom is 0.267 e. The van der Waals surface area contributed by atoms with Gasteiger partial charge in [-0.2, -0.15) is 0 Å². The Labute approximate surface area is 146 Å². The van der Waals surface area contributed by atoms with Crippen molar-refractivity contribution < 1.29 is 4.79 Å². The van der Waals surface area contributed by atoms with Gasteiger partial charge in [0.2, 0.25) is 0 Å². The molecular weight excluding hydrogens is 312 g/mol. The van der Waals surface area contributed by atoms with Gasteiger partial charge in [0.15, 0.2) is 0 Å². The minimum atomic E-state index is -0.0299. The predicted molar refractivity (Wildman–Crippen MR) is 99.5 cm³/mol. The summed E-state index contributed by atoms with van der Waals surface area (Å²) in [5, 5.41) is 7.46. The van der Waals surface area contributed by atoms with E-state index in [-0.39, 0.29) is 5.91 Å². The number of amides is 1. The zero-order chi connectivity index (χ0) is 17.1. The third kappa shape index (κ3) is 3.56. The number of benzene rings is 1. The average molecular weight is 334 g/mol. The lowest BCUT2D eigenvalue weighted by atomic mass is 9.98. The molecule has 25 heavy (non-hydrogen) atoms. The second-order valence-electron chi connectivity index (χ2n) is 6.63. The van der Waals surface area contributed by atoms with Crippen molar-refractivity contribution in [2.75, 3.05) is 19.6 Å². The van der Waals surface area contributed by atoms with Crippen LogP contribution in [0.25, 0.3) is 22.0 Å². The highest BCUT2D eigenvalue weighted by Gasteiger charge is 2.15.